The van der Waals surface area contributed by atoms with Gasteiger partial charge in [-0.05, 0) is 99.0 Å². The van der Waals surface area contributed by atoms with Crippen molar-refractivity contribution in [3.8, 4) is 0 Å². The summed E-state index contributed by atoms with van der Waals surface area (Å²) < 4.78 is 7.31. The predicted octanol–water partition coefficient (Wildman–Crippen LogP) is 5.63. The predicted molar refractivity (Wildman–Crippen MR) is 126 cm³/mol. The normalized spacial score (nSPS) is 60.8. The third-order valence-corrected chi connectivity index (χ3v) is 13.0. The maximum atomic E-state index is 12.2. The van der Waals surface area contributed by atoms with E-state index in [0.29, 0.717) is 34.7 Å². The SMILES string of the molecule is CC1CC2OC3(CCC4C5CCC6=CC(=O)CCC6(C)C5CC45CC53C)[C@H](C)C2N(C)C1. The minimum atomic E-state index is 0.0900. The number of carbonyl (C=O) groups excluding carboxylic acids is 1. The van der Waals surface area contributed by atoms with Crippen LogP contribution in [-0.4, -0.2) is 42.0 Å². The van der Waals surface area contributed by atoms with Crippen LogP contribution in [0.3, 0.4) is 0 Å². The van der Waals surface area contributed by atoms with Gasteiger partial charge in [0, 0.05) is 30.3 Å². The Hall–Kier alpha value is -0.670. The average Bonchev–Trinajstić information content (AvgIpc) is 3.06. The molecule has 7 rings (SSSR count). The third kappa shape index (κ3) is 2.16. The van der Waals surface area contributed by atoms with Crippen molar-refractivity contribution >= 4 is 5.78 Å². The summed E-state index contributed by atoms with van der Waals surface area (Å²) in [5.41, 5.74) is 2.74. The second-order valence-electron chi connectivity index (χ2n) is 14.0. The Kier molecular flexibility index (Phi) is 3.95. The summed E-state index contributed by atoms with van der Waals surface area (Å²) in [6.07, 6.45) is 13.6. The van der Waals surface area contributed by atoms with E-state index in [2.05, 4.69) is 45.7 Å². The van der Waals surface area contributed by atoms with E-state index in [1.54, 1.807) is 0 Å². The van der Waals surface area contributed by atoms with E-state index in [0.717, 1.165) is 36.5 Å². The molecule has 2 saturated heterocycles. The number of piperidine rings is 1. The highest BCUT2D eigenvalue weighted by Gasteiger charge is 2.84. The minimum Gasteiger partial charge on any atom is -0.369 e. The molecule has 0 N–H and O–H groups in total. The molecule has 0 aromatic rings. The van der Waals surface area contributed by atoms with Gasteiger partial charge >= 0.3 is 0 Å². The highest BCUT2D eigenvalue weighted by molar-refractivity contribution is 5.91. The maximum absolute atomic E-state index is 12.2. The van der Waals surface area contributed by atoms with Crippen LogP contribution in [-0.2, 0) is 9.53 Å². The van der Waals surface area contributed by atoms with Crippen LogP contribution in [0, 0.1) is 45.8 Å². The van der Waals surface area contributed by atoms with E-state index in [4.69, 9.17) is 4.74 Å². The first-order chi connectivity index (χ1) is 15.2. The highest BCUT2D eigenvalue weighted by atomic mass is 16.5. The van der Waals surface area contributed by atoms with Crippen LogP contribution in [0.25, 0.3) is 0 Å². The zero-order chi connectivity index (χ0) is 22.3. The Bertz CT molecular complexity index is 911. The Balaban J connectivity index is 1.24. The zero-order valence-electron chi connectivity index (χ0n) is 21.0. The maximum Gasteiger partial charge on any atom is 0.155 e. The first kappa shape index (κ1) is 20.7. The van der Waals surface area contributed by atoms with Crippen molar-refractivity contribution in [2.45, 2.75) is 103 Å². The fourth-order valence-electron chi connectivity index (χ4n) is 11.6. The number of fused-ring (bicyclic) bond motifs is 6. The highest BCUT2D eigenvalue weighted by Crippen LogP contribution is 2.87. The molecule has 0 aromatic heterocycles. The molecule has 2 heterocycles. The lowest BCUT2D eigenvalue weighted by atomic mass is 9.56. The van der Waals surface area contributed by atoms with Gasteiger partial charge in [0.1, 0.15) is 0 Å². The molecule has 0 bridgehead atoms. The molecule has 3 heteroatoms. The molecule has 6 fully saturated rings. The monoisotopic (exact) mass is 437 g/mol. The van der Waals surface area contributed by atoms with Gasteiger partial charge in [-0.25, -0.2) is 0 Å². The molecule has 5 aliphatic carbocycles. The van der Waals surface area contributed by atoms with E-state index in [1.807, 2.05) is 0 Å². The van der Waals surface area contributed by atoms with Gasteiger partial charge in [0.05, 0.1) is 11.7 Å². The molecule has 2 aliphatic heterocycles. The Morgan fingerprint density at radius 1 is 1.09 bits per heavy atom. The van der Waals surface area contributed by atoms with Crippen molar-refractivity contribution in [3.05, 3.63) is 11.6 Å². The molecule has 0 radical (unpaired) electrons. The van der Waals surface area contributed by atoms with Crippen LogP contribution in [0.5, 0.6) is 0 Å². The minimum absolute atomic E-state index is 0.0900. The molecule has 176 valence electrons. The van der Waals surface area contributed by atoms with Crippen LogP contribution in [0.1, 0.15) is 85.5 Å². The second-order valence-corrected chi connectivity index (χ2v) is 14.0. The number of allylic oxidation sites excluding steroid dienone is 2. The molecule has 0 amide bonds. The first-order valence-corrected chi connectivity index (χ1v) is 13.8. The number of hydrogen-bond acceptors (Lipinski definition) is 3. The summed E-state index contributed by atoms with van der Waals surface area (Å²) in [6, 6.07) is 0.609. The molecule has 4 saturated carbocycles. The van der Waals surface area contributed by atoms with Gasteiger partial charge in [0.2, 0.25) is 0 Å². The fraction of sp³-hybridized carbons (Fsp3) is 0.897. The number of carbonyl (C=O) groups is 1. The Labute approximate surface area is 194 Å². The lowest BCUT2D eigenvalue weighted by Crippen LogP contribution is -2.53. The van der Waals surface area contributed by atoms with E-state index in [9.17, 15) is 4.79 Å². The van der Waals surface area contributed by atoms with E-state index >= 15 is 0 Å². The number of hydrogen-bond donors (Lipinski definition) is 0. The molecule has 10 unspecified atom stereocenters. The van der Waals surface area contributed by atoms with Crippen molar-refractivity contribution in [1.82, 2.24) is 4.90 Å². The van der Waals surface area contributed by atoms with Crippen LogP contribution < -0.4 is 0 Å². The number of likely N-dealkylation sites (N-methyl/N-ethyl adjacent to an activating group) is 1. The molecular formula is C29H43NO2. The number of ketones is 1. The summed E-state index contributed by atoms with van der Waals surface area (Å²) in [5.74, 6) is 4.33. The summed E-state index contributed by atoms with van der Waals surface area (Å²) in [6.45, 7) is 11.4. The number of rotatable bonds is 0. The van der Waals surface area contributed by atoms with Crippen molar-refractivity contribution in [3.63, 3.8) is 0 Å². The average molecular weight is 438 g/mol. The lowest BCUT2D eigenvalue weighted by Gasteiger charge is -2.50. The number of ether oxygens (including phenoxy) is 1. The fourth-order valence-corrected chi connectivity index (χ4v) is 11.6. The molecular weight excluding hydrogens is 394 g/mol. The topological polar surface area (TPSA) is 29.5 Å². The van der Waals surface area contributed by atoms with Gasteiger partial charge < -0.3 is 9.64 Å². The molecule has 11 atom stereocenters. The van der Waals surface area contributed by atoms with Gasteiger partial charge in [-0.2, -0.15) is 0 Å². The molecule has 32 heavy (non-hydrogen) atoms. The van der Waals surface area contributed by atoms with Crippen molar-refractivity contribution in [1.29, 1.82) is 0 Å². The largest absolute Gasteiger partial charge is 0.369 e. The first-order valence-electron chi connectivity index (χ1n) is 13.8. The van der Waals surface area contributed by atoms with Crippen molar-refractivity contribution in [2.24, 2.45) is 45.8 Å². The Morgan fingerprint density at radius 3 is 2.72 bits per heavy atom. The lowest BCUT2D eigenvalue weighted by molar-refractivity contribution is -0.148. The van der Waals surface area contributed by atoms with Gasteiger partial charge in [0.15, 0.2) is 5.78 Å². The number of likely N-dealkylation sites (tertiary alicyclic amines) is 1. The van der Waals surface area contributed by atoms with Gasteiger partial charge in [0.25, 0.3) is 0 Å². The van der Waals surface area contributed by atoms with Crippen LogP contribution in [0.2, 0.25) is 0 Å². The van der Waals surface area contributed by atoms with Crippen LogP contribution in [0.15, 0.2) is 11.6 Å². The van der Waals surface area contributed by atoms with Gasteiger partial charge in [-0.1, -0.05) is 33.3 Å². The Morgan fingerprint density at radius 2 is 1.91 bits per heavy atom. The molecule has 0 aromatic carbocycles. The quantitative estimate of drug-likeness (QED) is 0.492. The van der Waals surface area contributed by atoms with Crippen molar-refractivity contribution in [2.75, 3.05) is 13.6 Å². The second kappa shape index (κ2) is 6.11. The molecule has 7 aliphatic rings. The summed E-state index contributed by atoms with van der Waals surface area (Å²) in [5, 5.41) is 0. The third-order valence-electron chi connectivity index (χ3n) is 13.0. The molecule has 2 spiro atoms. The van der Waals surface area contributed by atoms with E-state index in [1.165, 1.54) is 57.1 Å². The van der Waals surface area contributed by atoms with E-state index in [-0.39, 0.29) is 11.0 Å². The van der Waals surface area contributed by atoms with E-state index < -0.39 is 0 Å². The van der Waals surface area contributed by atoms with Crippen LogP contribution in [0.4, 0.5) is 0 Å². The summed E-state index contributed by atoms with van der Waals surface area (Å²) in [7, 11) is 2.35. The van der Waals surface area contributed by atoms with Gasteiger partial charge in [-0.15, -0.1) is 0 Å². The zero-order valence-corrected chi connectivity index (χ0v) is 21.0. The molecule has 3 nitrogen and oxygen atoms in total. The summed E-state index contributed by atoms with van der Waals surface area (Å²) in [4.78, 5) is 14.9. The smallest absolute Gasteiger partial charge is 0.155 e. The van der Waals surface area contributed by atoms with Crippen LogP contribution >= 0.6 is 0 Å². The van der Waals surface area contributed by atoms with Gasteiger partial charge in [-0.3, -0.25) is 4.79 Å². The number of nitrogens with zero attached hydrogens (tertiary/aromatic N) is 1. The standard InChI is InChI=1S/C29H43NO2/c1-17-12-24-25(30(5)15-17)18(2)29(32-24)11-9-22-21-7-6-19-13-20(31)8-10-26(19,3)23(21)14-28(22)16-27(28,29)4/h13,17-18,21-25H,6-12,14-16H2,1-5H3/t17?,18-,21?,22?,23?,24?,25?,26?,27?,28?,29?/m1/s1. The van der Waals surface area contributed by atoms with Crippen molar-refractivity contribution < 1.29 is 9.53 Å². The summed E-state index contributed by atoms with van der Waals surface area (Å²) >= 11 is 0.